The van der Waals surface area contributed by atoms with Crippen LogP contribution >= 0.6 is 0 Å². The summed E-state index contributed by atoms with van der Waals surface area (Å²) in [5.74, 6) is 3.24. The highest BCUT2D eigenvalue weighted by Gasteiger charge is 2.30. The Kier molecular flexibility index (Phi) is 3.34. The van der Waals surface area contributed by atoms with Crippen LogP contribution < -0.4 is 0 Å². The van der Waals surface area contributed by atoms with Crippen LogP contribution in [-0.4, -0.2) is 21.4 Å². The lowest BCUT2D eigenvalue weighted by molar-refractivity contribution is 0.220. The quantitative estimate of drug-likeness (QED) is 0.938. The molecule has 4 rings (SSSR count). The SMILES string of the molecule is Cc1ccc(CN2CCCC2c2nc3c([nH]2)CCCC3)o1. The van der Waals surface area contributed by atoms with Crippen molar-refractivity contribution in [2.24, 2.45) is 0 Å². The zero-order chi connectivity index (χ0) is 14.2. The van der Waals surface area contributed by atoms with E-state index in [0.29, 0.717) is 6.04 Å². The number of nitrogens with one attached hydrogen (secondary N) is 1. The van der Waals surface area contributed by atoms with Crippen molar-refractivity contribution in [1.82, 2.24) is 14.9 Å². The topological polar surface area (TPSA) is 45.1 Å². The summed E-state index contributed by atoms with van der Waals surface area (Å²) in [5, 5.41) is 0. The number of likely N-dealkylation sites (tertiary alicyclic amines) is 1. The fraction of sp³-hybridized carbons (Fsp3) is 0.588. The minimum Gasteiger partial charge on any atom is -0.465 e. The molecule has 2 aromatic heterocycles. The van der Waals surface area contributed by atoms with Crippen LogP contribution in [0, 0.1) is 6.92 Å². The summed E-state index contributed by atoms with van der Waals surface area (Å²) in [5.41, 5.74) is 2.70. The maximum Gasteiger partial charge on any atom is 0.124 e. The molecule has 1 saturated heterocycles. The Morgan fingerprint density at radius 3 is 3.00 bits per heavy atom. The van der Waals surface area contributed by atoms with Gasteiger partial charge in [-0.2, -0.15) is 0 Å². The first kappa shape index (κ1) is 13.1. The smallest absolute Gasteiger partial charge is 0.124 e. The number of hydrogen-bond donors (Lipinski definition) is 1. The highest BCUT2D eigenvalue weighted by atomic mass is 16.3. The van der Waals surface area contributed by atoms with E-state index in [2.05, 4.69) is 16.0 Å². The molecule has 0 saturated carbocycles. The van der Waals surface area contributed by atoms with E-state index < -0.39 is 0 Å². The third-order valence-corrected chi connectivity index (χ3v) is 4.81. The van der Waals surface area contributed by atoms with Gasteiger partial charge in [0, 0.05) is 5.69 Å². The fourth-order valence-electron chi connectivity index (χ4n) is 3.73. The van der Waals surface area contributed by atoms with Crippen molar-refractivity contribution in [2.45, 2.75) is 58.0 Å². The summed E-state index contributed by atoms with van der Waals surface area (Å²) < 4.78 is 5.74. The second kappa shape index (κ2) is 5.34. The molecule has 0 radical (unpaired) electrons. The van der Waals surface area contributed by atoms with E-state index in [-0.39, 0.29) is 0 Å². The molecular weight excluding hydrogens is 262 g/mol. The summed E-state index contributed by atoms with van der Waals surface area (Å²) in [7, 11) is 0. The van der Waals surface area contributed by atoms with Crippen LogP contribution in [0.15, 0.2) is 16.5 Å². The van der Waals surface area contributed by atoms with Gasteiger partial charge in [-0.25, -0.2) is 4.98 Å². The van der Waals surface area contributed by atoms with Gasteiger partial charge in [0.25, 0.3) is 0 Å². The van der Waals surface area contributed by atoms with Gasteiger partial charge >= 0.3 is 0 Å². The lowest BCUT2D eigenvalue weighted by Gasteiger charge is -2.21. The molecule has 4 heteroatoms. The van der Waals surface area contributed by atoms with Crippen molar-refractivity contribution in [3.05, 3.63) is 40.9 Å². The third kappa shape index (κ3) is 2.53. The van der Waals surface area contributed by atoms with E-state index in [1.165, 1.54) is 49.3 Å². The molecule has 2 aliphatic rings. The summed E-state index contributed by atoms with van der Waals surface area (Å²) in [6.07, 6.45) is 7.36. The van der Waals surface area contributed by atoms with Crippen LogP contribution in [-0.2, 0) is 19.4 Å². The number of rotatable bonds is 3. The minimum absolute atomic E-state index is 0.431. The van der Waals surface area contributed by atoms with Crippen molar-refractivity contribution in [1.29, 1.82) is 0 Å². The van der Waals surface area contributed by atoms with Gasteiger partial charge in [0.15, 0.2) is 0 Å². The maximum absolute atomic E-state index is 5.74. The largest absolute Gasteiger partial charge is 0.465 e. The van der Waals surface area contributed by atoms with Gasteiger partial charge in [0.1, 0.15) is 17.3 Å². The molecular formula is C17H23N3O. The number of aromatic amines is 1. The van der Waals surface area contributed by atoms with Gasteiger partial charge < -0.3 is 9.40 Å². The van der Waals surface area contributed by atoms with Gasteiger partial charge in [-0.1, -0.05) is 0 Å². The molecule has 1 fully saturated rings. The van der Waals surface area contributed by atoms with E-state index in [1.807, 2.05) is 13.0 Å². The Labute approximate surface area is 125 Å². The number of fused-ring (bicyclic) bond motifs is 1. The first-order valence-electron chi connectivity index (χ1n) is 8.16. The highest BCUT2D eigenvalue weighted by Crippen LogP contribution is 2.33. The minimum atomic E-state index is 0.431. The zero-order valence-corrected chi connectivity index (χ0v) is 12.7. The van der Waals surface area contributed by atoms with Crippen molar-refractivity contribution >= 4 is 0 Å². The van der Waals surface area contributed by atoms with Crippen LogP contribution in [0.1, 0.15) is 60.5 Å². The summed E-state index contributed by atoms with van der Waals surface area (Å²) >= 11 is 0. The normalized spacial score (nSPS) is 22.6. The van der Waals surface area contributed by atoms with Gasteiger partial charge in [0.05, 0.1) is 18.3 Å². The molecule has 1 unspecified atom stereocenters. The molecule has 0 bridgehead atoms. The lowest BCUT2D eigenvalue weighted by Crippen LogP contribution is -2.23. The standard InChI is InChI=1S/C17H23N3O/c1-12-8-9-13(21-12)11-20-10-4-7-16(20)17-18-14-5-2-3-6-15(14)19-17/h8-9,16H,2-7,10-11H2,1H3,(H,18,19). The maximum atomic E-state index is 5.74. The average molecular weight is 285 g/mol. The molecule has 1 aliphatic carbocycles. The molecule has 1 atom stereocenters. The summed E-state index contributed by atoms with van der Waals surface area (Å²) in [4.78, 5) is 11.0. The highest BCUT2D eigenvalue weighted by molar-refractivity contribution is 5.20. The van der Waals surface area contributed by atoms with E-state index in [4.69, 9.17) is 9.40 Å². The number of imidazole rings is 1. The molecule has 0 aromatic carbocycles. The van der Waals surface area contributed by atoms with Crippen LogP contribution in [0.5, 0.6) is 0 Å². The number of H-pyrrole nitrogens is 1. The summed E-state index contributed by atoms with van der Waals surface area (Å²) in [6, 6.07) is 4.57. The third-order valence-electron chi connectivity index (χ3n) is 4.81. The number of hydrogen-bond acceptors (Lipinski definition) is 3. The van der Waals surface area contributed by atoms with Crippen LogP contribution in [0.4, 0.5) is 0 Å². The van der Waals surface area contributed by atoms with Crippen LogP contribution in [0.2, 0.25) is 0 Å². The molecule has 4 nitrogen and oxygen atoms in total. The first-order valence-corrected chi connectivity index (χ1v) is 8.16. The molecule has 1 aliphatic heterocycles. The Bertz CT molecular complexity index is 604. The fourth-order valence-corrected chi connectivity index (χ4v) is 3.73. The molecule has 112 valence electrons. The van der Waals surface area contributed by atoms with Crippen LogP contribution in [0.25, 0.3) is 0 Å². The van der Waals surface area contributed by atoms with Crippen molar-refractivity contribution < 1.29 is 4.42 Å². The Balaban J connectivity index is 1.54. The van der Waals surface area contributed by atoms with Crippen molar-refractivity contribution in [2.75, 3.05) is 6.54 Å². The molecule has 1 N–H and O–H groups in total. The molecule has 0 spiro atoms. The second-order valence-electron chi connectivity index (χ2n) is 6.40. The molecule has 2 aromatic rings. The predicted octanol–water partition coefficient (Wildman–Crippen LogP) is 3.53. The predicted molar refractivity (Wildman–Crippen MR) is 81.1 cm³/mol. The number of furan rings is 1. The summed E-state index contributed by atoms with van der Waals surface area (Å²) in [6.45, 7) is 4.03. The monoisotopic (exact) mass is 285 g/mol. The van der Waals surface area contributed by atoms with Gasteiger partial charge in [0.2, 0.25) is 0 Å². The average Bonchev–Trinajstić information content (AvgIpc) is 3.18. The number of aryl methyl sites for hydroxylation is 3. The van der Waals surface area contributed by atoms with Crippen molar-refractivity contribution in [3.63, 3.8) is 0 Å². The Hall–Kier alpha value is -1.55. The van der Waals surface area contributed by atoms with Gasteiger partial charge in [-0.05, 0) is 64.1 Å². The Morgan fingerprint density at radius 1 is 1.29 bits per heavy atom. The van der Waals surface area contributed by atoms with Crippen LogP contribution in [0.3, 0.4) is 0 Å². The number of aromatic nitrogens is 2. The molecule has 3 heterocycles. The zero-order valence-electron chi connectivity index (χ0n) is 12.7. The van der Waals surface area contributed by atoms with E-state index in [9.17, 15) is 0 Å². The van der Waals surface area contributed by atoms with E-state index in [0.717, 1.165) is 31.0 Å². The first-order chi connectivity index (χ1) is 10.3. The Morgan fingerprint density at radius 2 is 2.19 bits per heavy atom. The number of nitrogens with zero attached hydrogens (tertiary/aromatic N) is 2. The van der Waals surface area contributed by atoms with Crippen molar-refractivity contribution in [3.8, 4) is 0 Å². The van der Waals surface area contributed by atoms with E-state index in [1.54, 1.807) is 0 Å². The van der Waals surface area contributed by atoms with E-state index >= 15 is 0 Å². The van der Waals surface area contributed by atoms with Gasteiger partial charge in [-0.3, -0.25) is 4.90 Å². The second-order valence-corrected chi connectivity index (χ2v) is 6.40. The van der Waals surface area contributed by atoms with Gasteiger partial charge in [-0.15, -0.1) is 0 Å². The lowest BCUT2D eigenvalue weighted by atomic mass is 10.0. The molecule has 21 heavy (non-hydrogen) atoms. The molecule has 0 amide bonds.